The predicted octanol–water partition coefficient (Wildman–Crippen LogP) is 2.68. The third-order valence-electron chi connectivity index (χ3n) is 2.19. The third-order valence-corrected chi connectivity index (χ3v) is 2.19. The molecule has 0 aromatic heterocycles. The van der Waals surface area contributed by atoms with Crippen molar-refractivity contribution in [3.05, 3.63) is 33.9 Å². The summed E-state index contributed by atoms with van der Waals surface area (Å²) in [5.41, 5.74) is 1.00. The first-order valence-corrected chi connectivity index (χ1v) is 4.98. The normalized spacial score (nSPS) is 10.2. The van der Waals surface area contributed by atoms with Gasteiger partial charge < -0.3 is 5.32 Å². The smallest absolute Gasteiger partial charge is 0.293 e. The monoisotopic (exact) mass is 222 g/mol. The largest absolute Gasteiger partial charge is 0.320 e. The average Bonchev–Trinajstić information content (AvgIpc) is 2.16. The zero-order valence-corrected chi connectivity index (χ0v) is 9.48. The molecule has 0 fully saturated rings. The first-order chi connectivity index (χ1) is 7.43. The van der Waals surface area contributed by atoms with Gasteiger partial charge in [-0.15, -0.1) is 0 Å². The molecule has 0 bridgehead atoms. The third kappa shape index (κ3) is 2.56. The Labute approximate surface area is 93.6 Å². The summed E-state index contributed by atoms with van der Waals surface area (Å²) in [5.74, 6) is -0.196. The standard InChI is InChI=1S/C11H14N2O3/c1-7(2)9-5-4-6-10(13(15)16)11(9)12-8(3)14/h4-7H,1-3H3,(H,12,14). The number of hydrogen-bond acceptors (Lipinski definition) is 3. The summed E-state index contributed by atoms with van der Waals surface area (Å²) < 4.78 is 0. The fraction of sp³-hybridized carbons (Fsp3) is 0.364. The van der Waals surface area contributed by atoms with Gasteiger partial charge in [0.05, 0.1) is 4.92 Å². The highest BCUT2D eigenvalue weighted by Crippen LogP contribution is 2.32. The Morgan fingerprint density at radius 1 is 1.44 bits per heavy atom. The van der Waals surface area contributed by atoms with Crippen LogP contribution in [0.5, 0.6) is 0 Å². The number of amides is 1. The maximum atomic E-state index is 11.0. The molecule has 1 rings (SSSR count). The molecule has 0 heterocycles. The van der Waals surface area contributed by atoms with E-state index in [9.17, 15) is 14.9 Å². The Bertz CT molecular complexity index is 427. The molecule has 0 saturated carbocycles. The molecule has 0 aliphatic heterocycles. The van der Waals surface area contributed by atoms with Crippen LogP contribution in [-0.2, 0) is 4.79 Å². The van der Waals surface area contributed by atoms with Gasteiger partial charge >= 0.3 is 0 Å². The fourth-order valence-electron chi connectivity index (χ4n) is 1.50. The van der Waals surface area contributed by atoms with Crippen molar-refractivity contribution in [1.82, 2.24) is 0 Å². The first kappa shape index (κ1) is 12.2. The summed E-state index contributed by atoms with van der Waals surface area (Å²) in [4.78, 5) is 21.4. The number of hydrogen-bond donors (Lipinski definition) is 1. The second-order valence-electron chi connectivity index (χ2n) is 3.83. The van der Waals surface area contributed by atoms with Gasteiger partial charge in [-0.2, -0.15) is 0 Å². The van der Waals surface area contributed by atoms with Crippen molar-refractivity contribution in [2.45, 2.75) is 26.7 Å². The van der Waals surface area contributed by atoms with Gasteiger partial charge in [0.1, 0.15) is 5.69 Å². The SMILES string of the molecule is CC(=O)Nc1c(C(C)C)cccc1[N+](=O)[O-]. The van der Waals surface area contributed by atoms with Crippen molar-refractivity contribution in [2.75, 3.05) is 5.32 Å². The number of para-hydroxylation sites is 1. The Balaban J connectivity index is 3.34. The molecule has 0 aliphatic rings. The summed E-state index contributed by atoms with van der Waals surface area (Å²) >= 11 is 0. The Hall–Kier alpha value is -1.91. The lowest BCUT2D eigenvalue weighted by Gasteiger charge is -2.12. The van der Waals surface area contributed by atoms with E-state index in [1.54, 1.807) is 12.1 Å². The Morgan fingerprint density at radius 2 is 2.06 bits per heavy atom. The second-order valence-corrected chi connectivity index (χ2v) is 3.83. The van der Waals surface area contributed by atoms with Crippen molar-refractivity contribution in [2.24, 2.45) is 0 Å². The minimum atomic E-state index is -0.489. The molecule has 0 atom stereocenters. The molecule has 0 unspecified atom stereocenters. The quantitative estimate of drug-likeness (QED) is 0.631. The van der Waals surface area contributed by atoms with Crippen LogP contribution in [0.1, 0.15) is 32.3 Å². The second kappa shape index (κ2) is 4.74. The lowest BCUT2D eigenvalue weighted by molar-refractivity contribution is -0.384. The van der Waals surface area contributed by atoms with Gasteiger partial charge in [0, 0.05) is 13.0 Å². The van der Waals surface area contributed by atoms with Crippen LogP contribution in [0.25, 0.3) is 0 Å². The van der Waals surface area contributed by atoms with Crippen molar-refractivity contribution in [3.8, 4) is 0 Å². The molecule has 5 heteroatoms. The topological polar surface area (TPSA) is 72.2 Å². The van der Waals surface area contributed by atoms with E-state index in [0.717, 1.165) is 5.56 Å². The highest BCUT2D eigenvalue weighted by molar-refractivity contribution is 5.92. The number of nitro groups is 1. The van der Waals surface area contributed by atoms with E-state index in [0.29, 0.717) is 5.69 Å². The summed E-state index contributed by atoms with van der Waals surface area (Å²) in [6.45, 7) is 5.18. The average molecular weight is 222 g/mol. The minimum Gasteiger partial charge on any atom is -0.320 e. The van der Waals surface area contributed by atoms with Crippen LogP contribution in [-0.4, -0.2) is 10.8 Å². The number of carbonyl (C=O) groups excluding carboxylic acids is 1. The Morgan fingerprint density at radius 3 is 2.50 bits per heavy atom. The molecule has 0 aliphatic carbocycles. The van der Waals surface area contributed by atoms with Crippen LogP contribution in [0.15, 0.2) is 18.2 Å². The van der Waals surface area contributed by atoms with Crippen LogP contribution in [0, 0.1) is 10.1 Å². The van der Waals surface area contributed by atoms with Crippen LogP contribution in [0.4, 0.5) is 11.4 Å². The van der Waals surface area contributed by atoms with Crippen LogP contribution in [0.3, 0.4) is 0 Å². The molecule has 1 aromatic rings. The van der Waals surface area contributed by atoms with Crippen molar-refractivity contribution in [3.63, 3.8) is 0 Å². The molecule has 1 N–H and O–H groups in total. The van der Waals surface area contributed by atoms with Crippen LogP contribution in [0.2, 0.25) is 0 Å². The molecule has 86 valence electrons. The maximum Gasteiger partial charge on any atom is 0.293 e. The minimum absolute atomic E-state index is 0.0681. The summed E-state index contributed by atoms with van der Waals surface area (Å²) in [7, 11) is 0. The van der Waals surface area contributed by atoms with Crippen molar-refractivity contribution >= 4 is 17.3 Å². The zero-order valence-electron chi connectivity index (χ0n) is 9.48. The lowest BCUT2D eigenvalue weighted by Crippen LogP contribution is -2.11. The number of benzene rings is 1. The molecule has 0 spiro atoms. The number of nitro benzene ring substituents is 1. The van der Waals surface area contributed by atoms with Gasteiger partial charge in [-0.3, -0.25) is 14.9 Å². The number of carbonyl (C=O) groups is 1. The van der Waals surface area contributed by atoms with Gasteiger partial charge in [-0.05, 0) is 11.5 Å². The van der Waals surface area contributed by atoms with Gasteiger partial charge in [-0.25, -0.2) is 0 Å². The van der Waals surface area contributed by atoms with E-state index in [2.05, 4.69) is 5.32 Å². The first-order valence-electron chi connectivity index (χ1n) is 4.98. The highest BCUT2D eigenvalue weighted by atomic mass is 16.6. The van der Waals surface area contributed by atoms with E-state index in [1.165, 1.54) is 13.0 Å². The number of anilines is 1. The molecule has 1 aromatic carbocycles. The summed E-state index contributed by atoms with van der Waals surface area (Å²) in [5, 5.41) is 13.4. The summed E-state index contributed by atoms with van der Waals surface area (Å²) in [6, 6.07) is 4.79. The van der Waals surface area contributed by atoms with Crippen LogP contribution >= 0.6 is 0 Å². The Kier molecular flexibility index (Phi) is 3.60. The van der Waals surface area contributed by atoms with Gasteiger partial charge in [0.15, 0.2) is 0 Å². The fourth-order valence-corrected chi connectivity index (χ4v) is 1.50. The van der Waals surface area contributed by atoms with Gasteiger partial charge in [-0.1, -0.05) is 26.0 Å². The zero-order chi connectivity index (χ0) is 12.3. The predicted molar refractivity (Wildman–Crippen MR) is 61.5 cm³/mol. The van der Waals surface area contributed by atoms with E-state index in [4.69, 9.17) is 0 Å². The van der Waals surface area contributed by atoms with E-state index in [1.807, 2.05) is 13.8 Å². The number of nitrogens with zero attached hydrogens (tertiary/aromatic N) is 1. The molecule has 5 nitrogen and oxygen atoms in total. The summed E-state index contributed by atoms with van der Waals surface area (Å²) in [6.07, 6.45) is 0. The van der Waals surface area contributed by atoms with E-state index >= 15 is 0 Å². The number of nitrogens with one attached hydrogen (secondary N) is 1. The molecular formula is C11H14N2O3. The highest BCUT2D eigenvalue weighted by Gasteiger charge is 2.19. The molecule has 0 saturated heterocycles. The van der Waals surface area contributed by atoms with Gasteiger partial charge in [0.2, 0.25) is 5.91 Å². The van der Waals surface area contributed by atoms with Crippen molar-refractivity contribution < 1.29 is 9.72 Å². The molecular weight excluding hydrogens is 208 g/mol. The number of rotatable bonds is 3. The molecule has 1 amide bonds. The van der Waals surface area contributed by atoms with E-state index < -0.39 is 4.92 Å². The van der Waals surface area contributed by atoms with E-state index in [-0.39, 0.29) is 17.5 Å². The molecule has 0 radical (unpaired) electrons. The van der Waals surface area contributed by atoms with Crippen molar-refractivity contribution in [1.29, 1.82) is 0 Å². The van der Waals surface area contributed by atoms with Gasteiger partial charge in [0.25, 0.3) is 5.69 Å². The lowest BCUT2D eigenvalue weighted by atomic mass is 10.00. The maximum absolute atomic E-state index is 11.0. The van der Waals surface area contributed by atoms with Crippen LogP contribution < -0.4 is 5.32 Å². The molecule has 16 heavy (non-hydrogen) atoms.